The summed E-state index contributed by atoms with van der Waals surface area (Å²) >= 11 is 0. The van der Waals surface area contributed by atoms with E-state index in [1.807, 2.05) is 39.8 Å². The third-order valence-corrected chi connectivity index (χ3v) is 9.02. The van der Waals surface area contributed by atoms with Crippen molar-refractivity contribution in [3.63, 3.8) is 0 Å². The summed E-state index contributed by atoms with van der Waals surface area (Å²) in [4.78, 5) is 13.0. The highest BCUT2D eigenvalue weighted by molar-refractivity contribution is 5.47. The van der Waals surface area contributed by atoms with Crippen LogP contribution >= 0.6 is 0 Å². The zero-order valence-corrected chi connectivity index (χ0v) is 19.1. The van der Waals surface area contributed by atoms with E-state index in [0.717, 1.165) is 0 Å². The van der Waals surface area contributed by atoms with Gasteiger partial charge in [0.05, 0.1) is 18.3 Å². The molecule has 2 saturated heterocycles. The predicted octanol–water partition coefficient (Wildman–Crippen LogP) is 3.08. The van der Waals surface area contributed by atoms with Gasteiger partial charge in [0.25, 0.3) is 5.95 Å². The van der Waals surface area contributed by atoms with Crippen molar-refractivity contribution in [2.24, 2.45) is 16.7 Å². The number of fused-ring (bicyclic) bond motifs is 4. The molecular formula is C25H32O7. The highest BCUT2D eigenvalue weighted by Gasteiger charge is 2.79. The Morgan fingerprint density at radius 2 is 1.84 bits per heavy atom. The maximum absolute atomic E-state index is 13.0. The maximum Gasteiger partial charge on any atom is 0.295 e. The zero-order chi connectivity index (χ0) is 23.2. The quantitative estimate of drug-likeness (QED) is 0.602. The van der Waals surface area contributed by atoms with Gasteiger partial charge in [0.15, 0.2) is 11.2 Å². The Morgan fingerprint density at radius 1 is 1.09 bits per heavy atom. The molecule has 0 unspecified atom stereocenters. The first-order chi connectivity index (χ1) is 14.9. The summed E-state index contributed by atoms with van der Waals surface area (Å²) in [6.07, 6.45) is 7.56. The van der Waals surface area contributed by atoms with Crippen LogP contribution in [-0.2, 0) is 4.74 Å². The van der Waals surface area contributed by atoms with E-state index in [4.69, 9.17) is 13.9 Å². The fraction of sp³-hybridized carbons (Fsp3) is 0.640. The second kappa shape index (κ2) is 6.56. The van der Waals surface area contributed by atoms with Crippen LogP contribution in [0.15, 0.2) is 33.5 Å². The third kappa shape index (κ3) is 2.43. The summed E-state index contributed by atoms with van der Waals surface area (Å²) < 4.78 is 18.2. The van der Waals surface area contributed by atoms with E-state index in [2.05, 4.69) is 0 Å². The highest BCUT2D eigenvalue weighted by atomic mass is 16.6. The SMILES string of the molecule is C/C=C\C=C\c1cc(=O)c2c(o1)O[C@]1(C)CC[C@@]3(O)C(C)(C)[C@]4(O)CC[C@]3(CO4)[C@H]1[C@H]2O. The second-order valence-electron chi connectivity index (χ2n) is 10.7. The first-order valence-electron chi connectivity index (χ1n) is 11.4. The fourth-order valence-electron chi connectivity index (χ4n) is 7.10. The third-order valence-electron chi connectivity index (χ3n) is 9.02. The van der Waals surface area contributed by atoms with Gasteiger partial charge in [-0.3, -0.25) is 4.79 Å². The molecule has 3 N–H and O–H groups in total. The topological polar surface area (TPSA) is 109 Å². The van der Waals surface area contributed by atoms with E-state index in [-0.39, 0.29) is 23.5 Å². The van der Waals surface area contributed by atoms with Crippen LogP contribution < -0.4 is 10.2 Å². The number of hydrogen-bond acceptors (Lipinski definition) is 7. The Morgan fingerprint density at radius 3 is 2.50 bits per heavy atom. The summed E-state index contributed by atoms with van der Waals surface area (Å²) in [5.74, 6) is -1.65. The van der Waals surface area contributed by atoms with E-state index < -0.39 is 39.8 Å². The van der Waals surface area contributed by atoms with Crippen LogP contribution in [0.5, 0.6) is 5.95 Å². The number of rotatable bonds is 2. The molecule has 1 aromatic rings. The minimum atomic E-state index is -1.43. The van der Waals surface area contributed by atoms with Crippen LogP contribution in [0.4, 0.5) is 0 Å². The molecule has 6 atom stereocenters. The summed E-state index contributed by atoms with van der Waals surface area (Å²) in [6.45, 7) is 7.53. The summed E-state index contributed by atoms with van der Waals surface area (Å²) in [7, 11) is 0. The van der Waals surface area contributed by atoms with Crippen molar-refractivity contribution in [3.8, 4) is 5.95 Å². The summed E-state index contributed by atoms with van der Waals surface area (Å²) in [6, 6.07) is 1.35. The van der Waals surface area contributed by atoms with Gasteiger partial charge in [0.1, 0.15) is 16.9 Å². The molecule has 4 heterocycles. The Labute approximate surface area is 187 Å². The lowest BCUT2D eigenvalue weighted by Crippen LogP contribution is -2.82. The number of allylic oxidation sites excluding steroid dienone is 3. The van der Waals surface area contributed by atoms with Crippen molar-refractivity contribution in [1.29, 1.82) is 0 Å². The van der Waals surface area contributed by atoms with Gasteiger partial charge in [0.2, 0.25) is 0 Å². The Kier molecular flexibility index (Phi) is 4.49. The Hall–Kier alpha value is -1.93. The van der Waals surface area contributed by atoms with Crippen molar-refractivity contribution in [1.82, 2.24) is 0 Å². The van der Waals surface area contributed by atoms with E-state index in [0.29, 0.717) is 31.4 Å². The molecule has 7 nitrogen and oxygen atoms in total. The lowest BCUT2D eigenvalue weighted by Gasteiger charge is -2.74. The molecule has 3 aliphatic heterocycles. The molecule has 0 aromatic carbocycles. The predicted molar refractivity (Wildman–Crippen MR) is 117 cm³/mol. The number of hydrogen-bond donors (Lipinski definition) is 3. The van der Waals surface area contributed by atoms with E-state index in [1.165, 1.54) is 6.07 Å². The maximum atomic E-state index is 13.0. The van der Waals surface area contributed by atoms with Crippen molar-refractivity contribution in [2.45, 2.75) is 76.5 Å². The van der Waals surface area contributed by atoms with E-state index in [9.17, 15) is 20.1 Å². The highest BCUT2D eigenvalue weighted by Crippen LogP contribution is 2.73. The van der Waals surface area contributed by atoms with Crippen LogP contribution in [-0.4, -0.2) is 38.9 Å². The average molecular weight is 445 g/mol. The molecule has 2 bridgehead atoms. The second-order valence-corrected chi connectivity index (χ2v) is 10.7. The van der Waals surface area contributed by atoms with Crippen molar-refractivity contribution in [3.05, 3.63) is 45.8 Å². The number of aliphatic hydroxyl groups excluding tert-OH is 1. The van der Waals surface area contributed by atoms with Crippen LogP contribution in [0.1, 0.15) is 70.8 Å². The zero-order valence-electron chi connectivity index (χ0n) is 19.1. The fourth-order valence-corrected chi connectivity index (χ4v) is 7.10. The normalized spacial score (nSPS) is 44.2. The Balaban J connectivity index is 1.65. The van der Waals surface area contributed by atoms with Gasteiger partial charge < -0.3 is 29.2 Å². The molecule has 0 amide bonds. The van der Waals surface area contributed by atoms with Gasteiger partial charge in [-0.2, -0.15) is 0 Å². The van der Waals surface area contributed by atoms with Crippen LogP contribution in [0, 0.1) is 16.7 Å². The van der Waals surface area contributed by atoms with E-state index in [1.54, 1.807) is 12.2 Å². The molecule has 4 fully saturated rings. The van der Waals surface area contributed by atoms with E-state index >= 15 is 0 Å². The molecule has 174 valence electrons. The van der Waals surface area contributed by atoms with Gasteiger partial charge in [-0.15, -0.1) is 0 Å². The smallest absolute Gasteiger partial charge is 0.295 e. The lowest BCUT2D eigenvalue weighted by molar-refractivity contribution is -0.443. The van der Waals surface area contributed by atoms with Gasteiger partial charge in [0, 0.05) is 29.2 Å². The van der Waals surface area contributed by atoms with Gasteiger partial charge in [-0.05, 0) is 39.2 Å². The van der Waals surface area contributed by atoms with Crippen molar-refractivity contribution >= 4 is 6.08 Å². The molecule has 2 aliphatic carbocycles. The number of ether oxygens (including phenoxy) is 2. The molecule has 6 rings (SSSR count). The molecular weight excluding hydrogens is 412 g/mol. The minimum absolute atomic E-state index is 0.0361. The monoisotopic (exact) mass is 444 g/mol. The van der Waals surface area contributed by atoms with Gasteiger partial charge >= 0.3 is 0 Å². The average Bonchev–Trinajstić information content (AvgIpc) is 2.71. The summed E-state index contributed by atoms with van der Waals surface area (Å²) in [5.41, 5.74) is -4.27. The van der Waals surface area contributed by atoms with Gasteiger partial charge in [-0.1, -0.05) is 32.1 Å². The van der Waals surface area contributed by atoms with Crippen molar-refractivity contribution in [2.75, 3.05) is 6.61 Å². The van der Waals surface area contributed by atoms with Crippen LogP contribution in [0.2, 0.25) is 0 Å². The molecule has 7 heteroatoms. The molecule has 1 aromatic heterocycles. The first-order valence-corrected chi connectivity index (χ1v) is 11.4. The van der Waals surface area contributed by atoms with Crippen LogP contribution in [0.3, 0.4) is 0 Å². The molecule has 1 spiro atoms. The largest absolute Gasteiger partial charge is 0.458 e. The molecule has 32 heavy (non-hydrogen) atoms. The molecule has 2 saturated carbocycles. The van der Waals surface area contributed by atoms with Crippen molar-refractivity contribution < 1.29 is 29.2 Å². The molecule has 5 aliphatic rings. The van der Waals surface area contributed by atoms with Crippen LogP contribution in [0.25, 0.3) is 6.08 Å². The standard InChI is InChI=1S/C25H32O7/c1-5-6-7-8-15-13-16(26)17-18(27)19-22(4,32-20(17)31-15)9-11-24(28)21(2,3)25(29)12-10-23(19,24)14-30-25/h5-8,13,18-19,27-29H,9-12,14H2,1-4H3/b6-5-,8-7+/t18-,19-,22+,23-,24+,25-/m0/s1. The summed E-state index contributed by atoms with van der Waals surface area (Å²) in [5, 5.41) is 34.8. The first kappa shape index (κ1) is 21.9. The molecule has 0 radical (unpaired) electrons. The van der Waals surface area contributed by atoms with Gasteiger partial charge in [-0.25, -0.2) is 0 Å². The number of aliphatic hydroxyl groups is 3. The lowest BCUT2D eigenvalue weighted by atomic mass is 9.38. The Bertz CT molecular complexity index is 1060. The minimum Gasteiger partial charge on any atom is -0.458 e.